The van der Waals surface area contributed by atoms with E-state index in [-0.39, 0.29) is 12.5 Å². The van der Waals surface area contributed by atoms with Crippen LogP contribution in [0.3, 0.4) is 0 Å². The summed E-state index contributed by atoms with van der Waals surface area (Å²) in [4.78, 5) is 16.3. The molecule has 3 aromatic rings. The van der Waals surface area contributed by atoms with Gasteiger partial charge in [-0.2, -0.15) is 4.98 Å². The van der Waals surface area contributed by atoms with Crippen LogP contribution in [0.4, 0.5) is 0 Å². The van der Waals surface area contributed by atoms with Crippen molar-refractivity contribution in [3.63, 3.8) is 0 Å². The number of carbonyl (C=O) groups excluding carboxylic acids is 1. The highest BCUT2D eigenvalue weighted by atomic mass is 16.6. The molecule has 8 heteroatoms. The number of esters is 1. The van der Waals surface area contributed by atoms with E-state index in [0.717, 1.165) is 0 Å². The van der Waals surface area contributed by atoms with E-state index in [1.807, 2.05) is 0 Å². The maximum absolute atomic E-state index is 12.1. The Labute approximate surface area is 155 Å². The largest absolute Gasteiger partial charge is 0.497 e. The number of methoxy groups -OCH3 is 3. The first kappa shape index (κ1) is 18.2. The van der Waals surface area contributed by atoms with Gasteiger partial charge in [-0.15, -0.1) is 0 Å². The van der Waals surface area contributed by atoms with Crippen LogP contribution in [-0.2, 0) is 11.3 Å². The minimum absolute atomic E-state index is 0.134. The normalized spacial score (nSPS) is 10.3. The van der Waals surface area contributed by atoms with E-state index in [1.165, 1.54) is 0 Å². The van der Waals surface area contributed by atoms with Crippen LogP contribution >= 0.6 is 0 Å². The first-order chi connectivity index (χ1) is 13.1. The fourth-order valence-corrected chi connectivity index (χ4v) is 2.34. The van der Waals surface area contributed by atoms with Crippen molar-refractivity contribution in [2.24, 2.45) is 0 Å². The van der Waals surface area contributed by atoms with Crippen LogP contribution in [0.15, 0.2) is 47.0 Å². The predicted octanol–water partition coefficient (Wildman–Crippen LogP) is 3.12. The van der Waals surface area contributed by atoms with Gasteiger partial charge in [0.1, 0.15) is 5.75 Å². The van der Waals surface area contributed by atoms with Crippen LogP contribution in [0.5, 0.6) is 17.2 Å². The van der Waals surface area contributed by atoms with Gasteiger partial charge < -0.3 is 23.5 Å². The molecule has 1 aromatic heterocycles. The Morgan fingerprint density at radius 2 is 1.70 bits per heavy atom. The Balaban J connectivity index is 1.66. The van der Waals surface area contributed by atoms with Gasteiger partial charge in [0.2, 0.25) is 5.82 Å². The zero-order valence-corrected chi connectivity index (χ0v) is 15.1. The van der Waals surface area contributed by atoms with Gasteiger partial charge >= 0.3 is 5.97 Å². The summed E-state index contributed by atoms with van der Waals surface area (Å²) in [6, 6.07) is 11.8. The molecule has 0 radical (unpaired) electrons. The molecule has 3 rings (SSSR count). The quantitative estimate of drug-likeness (QED) is 0.586. The third-order valence-corrected chi connectivity index (χ3v) is 3.76. The molecule has 0 N–H and O–H groups in total. The summed E-state index contributed by atoms with van der Waals surface area (Å²) >= 11 is 0. The van der Waals surface area contributed by atoms with Crippen LogP contribution in [0.25, 0.3) is 11.4 Å². The van der Waals surface area contributed by atoms with E-state index >= 15 is 0 Å². The molecule has 8 nitrogen and oxygen atoms in total. The Kier molecular flexibility index (Phi) is 5.55. The van der Waals surface area contributed by atoms with Crippen LogP contribution in [-0.4, -0.2) is 37.4 Å². The number of hydrogen-bond donors (Lipinski definition) is 0. The molecule has 0 aliphatic heterocycles. The first-order valence-corrected chi connectivity index (χ1v) is 8.00. The number of rotatable bonds is 7. The van der Waals surface area contributed by atoms with Crippen molar-refractivity contribution < 1.29 is 28.3 Å². The van der Waals surface area contributed by atoms with Crippen molar-refractivity contribution >= 4 is 5.97 Å². The van der Waals surface area contributed by atoms with Crippen molar-refractivity contribution in [3.8, 4) is 28.6 Å². The van der Waals surface area contributed by atoms with Crippen LogP contribution in [0, 0.1) is 0 Å². The van der Waals surface area contributed by atoms with Crippen molar-refractivity contribution in [1.82, 2.24) is 10.1 Å². The third-order valence-electron chi connectivity index (χ3n) is 3.76. The van der Waals surface area contributed by atoms with Crippen molar-refractivity contribution in [2.45, 2.75) is 6.61 Å². The molecule has 0 spiro atoms. The SMILES string of the molecule is COc1ccc(C(=O)OCc2nc(-c3ccc(OC)c(OC)c3)no2)cc1. The van der Waals surface area contributed by atoms with E-state index < -0.39 is 5.97 Å². The summed E-state index contributed by atoms with van der Waals surface area (Å²) in [5, 5.41) is 3.90. The van der Waals surface area contributed by atoms with E-state index in [2.05, 4.69) is 10.1 Å². The van der Waals surface area contributed by atoms with Gasteiger partial charge in [0.15, 0.2) is 18.1 Å². The fourth-order valence-electron chi connectivity index (χ4n) is 2.34. The number of benzene rings is 2. The average molecular weight is 370 g/mol. The Morgan fingerprint density at radius 1 is 0.963 bits per heavy atom. The highest BCUT2D eigenvalue weighted by Gasteiger charge is 2.14. The highest BCUT2D eigenvalue weighted by Crippen LogP contribution is 2.31. The number of aromatic nitrogens is 2. The minimum atomic E-state index is -0.497. The Bertz CT molecular complexity index is 920. The second-order valence-electron chi connectivity index (χ2n) is 5.39. The van der Waals surface area contributed by atoms with Gasteiger partial charge in [0.05, 0.1) is 26.9 Å². The Morgan fingerprint density at radius 3 is 2.37 bits per heavy atom. The van der Waals surface area contributed by atoms with Gasteiger partial charge in [0, 0.05) is 5.56 Å². The minimum Gasteiger partial charge on any atom is -0.497 e. The molecule has 0 aliphatic carbocycles. The summed E-state index contributed by atoms with van der Waals surface area (Å²) in [5.41, 5.74) is 1.08. The zero-order valence-electron chi connectivity index (χ0n) is 15.1. The molecule has 0 atom stereocenters. The highest BCUT2D eigenvalue weighted by molar-refractivity contribution is 5.89. The van der Waals surface area contributed by atoms with Gasteiger partial charge in [-0.1, -0.05) is 5.16 Å². The molecule has 0 saturated heterocycles. The third kappa shape index (κ3) is 4.17. The second-order valence-corrected chi connectivity index (χ2v) is 5.39. The molecule has 27 heavy (non-hydrogen) atoms. The molecule has 0 unspecified atom stereocenters. The van der Waals surface area contributed by atoms with E-state index in [0.29, 0.717) is 34.2 Å². The maximum atomic E-state index is 12.1. The topological polar surface area (TPSA) is 92.9 Å². The summed E-state index contributed by atoms with van der Waals surface area (Å²) < 4.78 is 25.9. The molecule has 0 saturated carbocycles. The van der Waals surface area contributed by atoms with Crippen LogP contribution in [0.2, 0.25) is 0 Å². The number of hydrogen-bond acceptors (Lipinski definition) is 8. The molecule has 0 aliphatic rings. The van der Waals surface area contributed by atoms with E-state index in [1.54, 1.807) is 63.8 Å². The molecule has 0 fully saturated rings. The number of nitrogens with zero attached hydrogens (tertiary/aromatic N) is 2. The first-order valence-electron chi connectivity index (χ1n) is 8.00. The molecule has 0 amide bonds. The van der Waals surface area contributed by atoms with Crippen molar-refractivity contribution in [3.05, 3.63) is 53.9 Å². The lowest BCUT2D eigenvalue weighted by atomic mass is 10.2. The van der Waals surface area contributed by atoms with Crippen molar-refractivity contribution in [2.75, 3.05) is 21.3 Å². The number of ether oxygens (including phenoxy) is 4. The summed E-state index contributed by atoms with van der Waals surface area (Å²) in [7, 11) is 4.65. The molecular formula is C19H18N2O6. The molecule has 140 valence electrons. The van der Waals surface area contributed by atoms with E-state index in [4.69, 9.17) is 23.5 Å². The van der Waals surface area contributed by atoms with Crippen molar-refractivity contribution in [1.29, 1.82) is 0 Å². The predicted molar refractivity (Wildman–Crippen MR) is 95.0 cm³/mol. The molecular weight excluding hydrogens is 352 g/mol. The molecule has 1 heterocycles. The lowest BCUT2D eigenvalue weighted by Gasteiger charge is -2.07. The standard InChI is InChI=1S/C19H18N2O6/c1-23-14-7-4-12(5-8-14)19(22)26-11-17-20-18(21-27-17)13-6-9-15(24-2)16(10-13)25-3/h4-10H,11H2,1-3H3. The Hall–Kier alpha value is -3.55. The average Bonchev–Trinajstić information content (AvgIpc) is 3.20. The van der Waals surface area contributed by atoms with Gasteiger partial charge in [-0.05, 0) is 42.5 Å². The lowest BCUT2D eigenvalue weighted by Crippen LogP contribution is -2.05. The second kappa shape index (κ2) is 8.22. The monoisotopic (exact) mass is 370 g/mol. The lowest BCUT2D eigenvalue weighted by molar-refractivity contribution is 0.0430. The van der Waals surface area contributed by atoms with Crippen LogP contribution in [0.1, 0.15) is 16.2 Å². The van der Waals surface area contributed by atoms with Gasteiger partial charge in [-0.25, -0.2) is 4.79 Å². The smallest absolute Gasteiger partial charge is 0.338 e. The van der Waals surface area contributed by atoms with Gasteiger partial charge in [-0.3, -0.25) is 0 Å². The van der Waals surface area contributed by atoms with Gasteiger partial charge in [0.25, 0.3) is 5.89 Å². The summed E-state index contributed by atoms with van der Waals surface area (Å²) in [6.45, 7) is -0.134. The summed E-state index contributed by atoms with van der Waals surface area (Å²) in [6.07, 6.45) is 0. The molecule has 2 aromatic carbocycles. The number of carbonyl (C=O) groups is 1. The zero-order chi connectivity index (χ0) is 19.2. The molecule has 0 bridgehead atoms. The maximum Gasteiger partial charge on any atom is 0.338 e. The summed E-state index contributed by atoms with van der Waals surface area (Å²) in [5.74, 6) is 1.84. The van der Waals surface area contributed by atoms with Crippen LogP contribution < -0.4 is 14.2 Å². The van der Waals surface area contributed by atoms with E-state index in [9.17, 15) is 4.79 Å². The fraction of sp³-hybridized carbons (Fsp3) is 0.211.